The summed E-state index contributed by atoms with van der Waals surface area (Å²) < 4.78 is 11.6. The zero-order valence-corrected chi connectivity index (χ0v) is 23.1. The summed E-state index contributed by atoms with van der Waals surface area (Å²) in [5.74, 6) is 0.252. The minimum atomic E-state index is -0.833. The number of hydrogen-bond donors (Lipinski definition) is 3. The fourth-order valence-electron chi connectivity index (χ4n) is 3.76. The molecular weight excluding hydrogens is 539 g/mol. The molecule has 9 heteroatoms. The van der Waals surface area contributed by atoms with E-state index in [1.807, 2.05) is 36.4 Å². The van der Waals surface area contributed by atoms with E-state index >= 15 is 0 Å². The smallest absolute Gasteiger partial charge is 0.300 e. The van der Waals surface area contributed by atoms with Gasteiger partial charge < -0.3 is 24.8 Å². The number of carbonyl (C=O) groups is 1. The van der Waals surface area contributed by atoms with Gasteiger partial charge in [0, 0.05) is 47.5 Å². The number of aliphatic imine (C=N–C) groups is 2. The van der Waals surface area contributed by atoms with Crippen molar-refractivity contribution in [1.29, 1.82) is 0 Å². The van der Waals surface area contributed by atoms with Crippen molar-refractivity contribution in [2.75, 3.05) is 13.2 Å². The second-order valence-corrected chi connectivity index (χ2v) is 8.73. The van der Waals surface area contributed by atoms with Crippen molar-refractivity contribution in [2.45, 2.75) is 45.4 Å². The topological polar surface area (TPSA) is 121 Å². The monoisotopic (exact) mass is 573 g/mol. The summed E-state index contributed by atoms with van der Waals surface area (Å²) >= 11 is 0. The van der Waals surface area contributed by atoms with Crippen LogP contribution in [0.25, 0.3) is 0 Å². The number of carboxylic acids is 1. The molecule has 1 aliphatic rings. The SMILES string of the molecule is CC(=O)O.Oc1c2cccc1OCCCCCCCCOc1cccc(c1O)C=Nc1ccccc1N=C2.[Mn]. The Hall–Kier alpha value is -3.81. The number of rotatable bonds is 0. The maximum Gasteiger partial charge on any atom is 0.300 e. The van der Waals surface area contributed by atoms with Crippen molar-refractivity contribution in [2.24, 2.45) is 9.98 Å². The van der Waals surface area contributed by atoms with Gasteiger partial charge in [-0.2, -0.15) is 0 Å². The summed E-state index contributed by atoms with van der Waals surface area (Å²) in [6, 6.07) is 18.2. The Morgan fingerprint density at radius 3 is 1.46 bits per heavy atom. The maximum atomic E-state index is 10.6. The molecule has 8 nitrogen and oxygen atoms in total. The number of nitrogens with zero attached hydrogens (tertiary/aromatic N) is 2. The molecule has 0 aliphatic carbocycles. The Morgan fingerprint density at radius 2 is 1.05 bits per heavy atom. The Morgan fingerprint density at radius 1 is 0.667 bits per heavy atom. The number of benzene rings is 3. The average Bonchev–Trinajstić information content (AvgIpc) is 2.89. The zero-order valence-electron chi connectivity index (χ0n) is 21.9. The van der Waals surface area contributed by atoms with E-state index in [0.717, 1.165) is 45.4 Å². The van der Waals surface area contributed by atoms with Gasteiger partial charge in [-0.15, -0.1) is 0 Å². The van der Waals surface area contributed by atoms with Gasteiger partial charge in [-0.05, 0) is 49.2 Å². The van der Waals surface area contributed by atoms with Crippen LogP contribution < -0.4 is 9.47 Å². The van der Waals surface area contributed by atoms with Crippen molar-refractivity contribution in [3.8, 4) is 23.0 Å². The fraction of sp³-hybridized carbons (Fsp3) is 0.300. The van der Waals surface area contributed by atoms with E-state index in [0.29, 0.717) is 47.2 Å². The molecular formula is C30H34MnN2O6. The Balaban J connectivity index is 0.000000998. The summed E-state index contributed by atoms with van der Waals surface area (Å²) in [6.07, 6.45) is 9.46. The fourth-order valence-corrected chi connectivity index (χ4v) is 3.76. The molecule has 1 aliphatic heterocycles. The maximum absolute atomic E-state index is 10.6. The molecule has 0 fully saturated rings. The third-order valence-electron chi connectivity index (χ3n) is 5.68. The van der Waals surface area contributed by atoms with Crippen LogP contribution in [0.4, 0.5) is 11.4 Å². The molecule has 3 aromatic carbocycles. The molecule has 0 atom stereocenters. The van der Waals surface area contributed by atoms with Crippen LogP contribution in [0.2, 0.25) is 0 Å². The molecule has 4 rings (SSSR count). The van der Waals surface area contributed by atoms with E-state index in [-0.39, 0.29) is 28.6 Å². The number of phenolic OH excluding ortho intramolecular Hbond substituents is 2. The van der Waals surface area contributed by atoms with E-state index in [9.17, 15) is 10.2 Å². The molecule has 0 unspecified atom stereocenters. The van der Waals surface area contributed by atoms with Gasteiger partial charge in [0.15, 0.2) is 23.0 Å². The molecule has 4 bridgehead atoms. The minimum absolute atomic E-state index is 0. The van der Waals surface area contributed by atoms with E-state index in [2.05, 4.69) is 9.98 Å². The first-order chi connectivity index (χ1) is 18.5. The van der Waals surface area contributed by atoms with Crippen molar-refractivity contribution < 1.29 is 46.7 Å². The normalized spacial score (nSPS) is 13.9. The van der Waals surface area contributed by atoms with Gasteiger partial charge in [0.05, 0.1) is 24.6 Å². The van der Waals surface area contributed by atoms with Gasteiger partial charge in [-0.3, -0.25) is 14.8 Å². The average molecular weight is 574 g/mol. The second kappa shape index (κ2) is 16.9. The van der Waals surface area contributed by atoms with Crippen LogP contribution in [0, 0.1) is 0 Å². The minimum Gasteiger partial charge on any atom is -0.504 e. The predicted molar refractivity (Wildman–Crippen MR) is 149 cm³/mol. The summed E-state index contributed by atoms with van der Waals surface area (Å²) in [5, 5.41) is 28.7. The van der Waals surface area contributed by atoms with E-state index in [4.69, 9.17) is 19.4 Å². The Labute approximate surface area is 239 Å². The molecule has 207 valence electrons. The van der Waals surface area contributed by atoms with Crippen molar-refractivity contribution in [3.63, 3.8) is 0 Å². The number of aromatic hydroxyl groups is 2. The number of carboxylic acid groups (broad SMARTS) is 1. The zero-order chi connectivity index (χ0) is 27.2. The first kappa shape index (κ1) is 31.4. The summed E-state index contributed by atoms with van der Waals surface area (Å²) in [5.41, 5.74) is 2.42. The largest absolute Gasteiger partial charge is 0.504 e. The number of phenols is 2. The Kier molecular flexibility index (Phi) is 13.6. The molecule has 1 radical (unpaired) electrons. The Bertz CT molecular complexity index is 1170. The van der Waals surface area contributed by atoms with Crippen molar-refractivity contribution in [1.82, 2.24) is 0 Å². The standard InChI is InChI=1S/C28H30N2O4.C2H4O2.Mn/c31-27-21-11-9-15-25(27)33-17-7-3-1-2-4-8-18-34-26-16-10-12-22(28(26)32)20-30-24-14-6-5-13-23(24)29-19-21;1-2(3)4;/h5-6,9-16,19-20,31-32H,1-4,7-8,17-18H2;1H3,(H,3,4);. The molecule has 0 saturated carbocycles. The van der Waals surface area contributed by atoms with Crippen LogP contribution in [0.5, 0.6) is 23.0 Å². The van der Waals surface area contributed by atoms with E-state index in [1.165, 1.54) is 0 Å². The second-order valence-electron chi connectivity index (χ2n) is 8.73. The van der Waals surface area contributed by atoms with Gasteiger partial charge in [-0.1, -0.05) is 49.9 Å². The van der Waals surface area contributed by atoms with Gasteiger partial charge in [-0.25, -0.2) is 0 Å². The molecule has 3 aromatic rings. The number of para-hydroxylation sites is 4. The van der Waals surface area contributed by atoms with Crippen LogP contribution >= 0.6 is 0 Å². The predicted octanol–water partition coefficient (Wildman–Crippen LogP) is 6.80. The third-order valence-corrected chi connectivity index (χ3v) is 5.68. The number of hydrogen-bond acceptors (Lipinski definition) is 7. The molecule has 0 saturated heterocycles. The number of fused-ring (bicyclic) bond motifs is 5. The van der Waals surface area contributed by atoms with Crippen LogP contribution in [0.1, 0.15) is 56.6 Å². The van der Waals surface area contributed by atoms with Gasteiger partial charge in [0.25, 0.3) is 5.97 Å². The van der Waals surface area contributed by atoms with Crippen LogP contribution in [0.3, 0.4) is 0 Å². The van der Waals surface area contributed by atoms with Gasteiger partial charge >= 0.3 is 0 Å². The van der Waals surface area contributed by atoms with E-state index in [1.54, 1.807) is 36.7 Å². The van der Waals surface area contributed by atoms with Gasteiger partial charge in [0.1, 0.15) is 0 Å². The van der Waals surface area contributed by atoms with Crippen molar-refractivity contribution in [3.05, 3.63) is 71.8 Å². The first-order valence-corrected chi connectivity index (χ1v) is 12.7. The molecule has 0 spiro atoms. The third kappa shape index (κ3) is 10.5. The summed E-state index contributed by atoms with van der Waals surface area (Å²) in [4.78, 5) is 18.1. The first-order valence-electron chi connectivity index (χ1n) is 12.7. The molecule has 1 heterocycles. The quantitative estimate of drug-likeness (QED) is 0.255. The van der Waals surface area contributed by atoms with Crippen LogP contribution in [0.15, 0.2) is 70.6 Å². The van der Waals surface area contributed by atoms with Crippen LogP contribution in [-0.2, 0) is 21.9 Å². The summed E-state index contributed by atoms with van der Waals surface area (Å²) in [7, 11) is 0. The molecule has 0 aromatic heterocycles. The van der Waals surface area contributed by atoms with Gasteiger partial charge in [0.2, 0.25) is 0 Å². The molecule has 39 heavy (non-hydrogen) atoms. The summed E-state index contributed by atoms with van der Waals surface area (Å²) in [6.45, 7) is 2.20. The van der Waals surface area contributed by atoms with Crippen molar-refractivity contribution >= 4 is 29.8 Å². The van der Waals surface area contributed by atoms with Crippen LogP contribution in [-0.4, -0.2) is 46.9 Å². The van der Waals surface area contributed by atoms with E-state index < -0.39 is 5.97 Å². The molecule has 0 amide bonds. The number of ether oxygens (including phenoxy) is 2. The number of aliphatic carboxylic acids is 1. The molecule has 3 N–H and O–H groups in total.